The summed E-state index contributed by atoms with van der Waals surface area (Å²) in [4.78, 5) is 24.6. The van der Waals surface area contributed by atoms with E-state index in [9.17, 15) is 9.59 Å². The predicted octanol–water partition coefficient (Wildman–Crippen LogP) is 2.08. The van der Waals surface area contributed by atoms with Crippen molar-refractivity contribution in [3.8, 4) is 23.0 Å². The van der Waals surface area contributed by atoms with Crippen LogP contribution in [-0.4, -0.2) is 45.8 Å². The molecule has 1 aliphatic heterocycles. The Hall–Kier alpha value is -3.42. The molecule has 1 aliphatic rings. The molecular formula is C21H24N2O6. The molecule has 2 aromatic carbocycles. The molecule has 0 bridgehead atoms. The average molecular weight is 400 g/mol. The number of carbonyl (C=O) groups is 2. The number of rotatable bonds is 7. The lowest BCUT2D eigenvalue weighted by atomic mass is 10.1. The summed E-state index contributed by atoms with van der Waals surface area (Å²) in [7, 11) is 3.01. The Labute approximate surface area is 169 Å². The summed E-state index contributed by atoms with van der Waals surface area (Å²) < 4.78 is 21.4. The third-order valence-corrected chi connectivity index (χ3v) is 4.50. The van der Waals surface area contributed by atoms with Crippen LogP contribution in [0.25, 0.3) is 0 Å². The first-order valence-corrected chi connectivity index (χ1v) is 9.21. The van der Waals surface area contributed by atoms with E-state index in [4.69, 9.17) is 18.9 Å². The van der Waals surface area contributed by atoms with Crippen molar-refractivity contribution in [1.29, 1.82) is 0 Å². The fourth-order valence-corrected chi connectivity index (χ4v) is 2.95. The van der Waals surface area contributed by atoms with E-state index in [1.165, 1.54) is 14.2 Å². The minimum atomic E-state index is -0.381. The van der Waals surface area contributed by atoms with Crippen molar-refractivity contribution in [3.05, 3.63) is 47.5 Å². The normalized spacial score (nSPS) is 13.2. The van der Waals surface area contributed by atoms with Gasteiger partial charge in [-0.3, -0.25) is 9.59 Å². The van der Waals surface area contributed by atoms with Gasteiger partial charge in [0.1, 0.15) is 13.2 Å². The number of amides is 2. The molecule has 1 heterocycles. The van der Waals surface area contributed by atoms with E-state index in [1.54, 1.807) is 18.2 Å². The lowest BCUT2D eigenvalue weighted by Gasteiger charge is -2.21. The highest BCUT2D eigenvalue weighted by Crippen LogP contribution is 2.32. The fourth-order valence-electron chi connectivity index (χ4n) is 2.95. The van der Waals surface area contributed by atoms with Gasteiger partial charge in [0.25, 0.3) is 5.91 Å². The van der Waals surface area contributed by atoms with Gasteiger partial charge in [0.2, 0.25) is 5.91 Å². The zero-order chi connectivity index (χ0) is 20.8. The van der Waals surface area contributed by atoms with Crippen molar-refractivity contribution >= 4 is 11.8 Å². The van der Waals surface area contributed by atoms with Gasteiger partial charge in [-0.05, 0) is 42.8 Å². The molecule has 2 aromatic rings. The van der Waals surface area contributed by atoms with E-state index in [1.807, 2.05) is 25.1 Å². The third-order valence-electron chi connectivity index (χ3n) is 4.50. The summed E-state index contributed by atoms with van der Waals surface area (Å²) >= 11 is 0. The van der Waals surface area contributed by atoms with Crippen LogP contribution >= 0.6 is 0 Å². The maximum atomic E-state index is 12.3. The smallest absolute Gasteiger partial charge is 0.251 e. The number of fused-ring (bicyclic) bond motifs is 1. The molecule has 0 unspecified atom stereocenters. The molecule has 0 aliphatic carbocycles. The number of methoxy groups -OCH3 is 2. The Morgan fingerprint density at radius 1 is 1.00 bits per heavy atom. The van der Waals surface area contributed by atoms with E-state index in [0.717, 1.165) is 5.56 Å². The number of carbonyl (C=O) groups excluding carboxylic acids is 2. The lowest BCUT2D eigenvalue weighted by molar-refractivity contribution is -0.120. The fraction of sp³-hybridized carbons (Fsp3) is 0.333. The van der Waals surface area contributed by atoms with Gasteiger partial charge < -0.3 is 29.6 Å². The van der Waals surface area contributed by atoms with Gasteiger partial charge >= 0.3 is 0 Å². The highest BCUT2D eigenvalue weighted by atomic mass is 16.6. The van der Waals surface area contributed by atoms with Crippen molar-refractivity contribution < 1.29 is 28.5 Å². The van der Waals surface area contributed by atoms with E-state index in [0.29, 0.717) is 41.8 Å². The predicted molar refractivity (Wildman–Crippen MR) is 106 cm³/mol. The molecule has 0 saturated carbocycles. The van der Waals surface area contributed by atoms with Gasteiger partial charge in [0.15, 0.2) is 23.0 Å². The molecule has 154 valence electrons. The van der Waals surface area contributed by atoms with Crippen LogP contribution in [0.3, 0.4) is 0 Å². The van der Waals surface area contributed by atoms with Crippen LogP contribution < -0.4 is 29.6 Å². The van der Waals surface area contributed by atoms with Crippen molar-refractivity contribution in [1.82, 2.24) is 10.6 Å². The second-order valence-electron chi connectivity index (χ2n) is 6.44. The average Bonchev–Trinajstić information content (AvgIpc) is 2.76. The van der Waals surface area contributed by atoms with Gasteiger partial charge in [0, 0.05) is 5.56 Å². The van der Waals surface area contributed by atoms with E-state index in [2.05, 4.69) is 10.6 Å². The third kappa shape index (κ3) is 4.90. The minimum Gasteiger partial charge on any atom is -0.493 e. The molecule has 0 saturated heterocycles. The molecule has 0 spiro atoms. The molecular weight excluding hydrogens is 376 g/mol. The molecule has 8 heteroatoms. The first-order valence-electron chi connectivity index (χ1n) is 9.21. The van der Waals surface area contributed by atoms with Gasteiger partial charge in [-0.15, -0.1) is 0 Å². The van der Waals surface area contributed by atoms with Crippen LogP contribution in [0.5, 0.6) is 23.0 Å². The molecule has 8 nitrogen and oxygen atoms in total. The standard InChI is InChI=1S/C21H24N2O6/c1-13(14-4-7-17-19(10-14)29-9-8-28-17)23-20(24)12-22-21(25)15-5-6-16(26-2)18(11-15)27-3/h4-7,10-11,13H,8-9,12H2,1-3H3,(H,22,25)(H,23,24)/t13-/m0/s1. The molecule has 0 aromatic heterocycles. The van der Waals surface area contributed by atoms with Crippen molar-refractivity contribution in [3.63, 3.8) is 0 Å². The van der Waals surface area contributed by atoms with E-state index < -0.39 is 0 Å². The van der Waals surface area contributed by atoms with E-state index in [-0.39, 0.29) is 24.4 Å². The molecule has 0 radical (unpaired) electrons. The van der Waals surface area contributed by atoms with Gasteiger partial charge in [-0.25, -0.2) is 0 Å². The Bertz CT molecular complexity index is 899. The molecule has 1 atom stereocenters. The Morgan fingerprint density at radius 3 is 2.45 bits per heavy atom. The van der Waals surface area contributed by atoms with Crippen molar-refractivity contribution in [2.75, 3.05) is 34.0 Å². The monoisotopic (exact) mass is 400 g/mol. The van der Waals surface area contributed by atoms with Crippen LogP contribution in [0, 0.1) is 0 Å². The second kappa shape index (κ2) is 9.18. The maximum Gasteiger partial charge on any atom is 0.251 e. The summed E-state index contributed by atoms with van der Waals surface area (Å²) in [6.45, 7) is 2.74. The first-order chi connectivity index (χ1) is 14.0. The SMILES string of the molecule is COc1ccc(C(=O)NCC(=O)N[C@@H](C)c2ccc3c(c2)OCCO3)cc1OC. The number of hydrogen-bond donors (Lipinski definition) is 2. The highest BCUT2D eigenvalue weighted by molar-refractivity contribution is 5.97. The summed E-state index contributed by atoms with van der Waals surface area (Å²) in [5.41, 5.74) is 1.25. The van der Waals surface area contributed by atoms with Gasteiger partial charge in [0.05, 0.1) is 26.8 Å². The molecule has 29 heavy (non-hydrogen) atoms. The number of ether oxygens (including phenoxy) is 4. The second-order valence-corrected chi connectivity index (χ2v) is 6.44. The largest absolute Gasteiger partial charge is 0.493 e. The Kier molecular flexibility index (Phi) is 6.43. The van der Waals surface area contributed by atoms with Crippen LogP contribution in [0.2, 0.25) is 0 Å². The van der Waals surface area contributed by atoms with Crippen LogP contribution in [0.1, 0.15) is 28.9 Å². The number of benzene rings is 2. The molecule has 3 rings (SSSR count). The van der Waals surface area contributed by atoms with Crippen molar-refractivity contribution in [2.24, 2.45) is 0 Å². The lowest BCUT2D eigenvalue weighted by Crippen LogP contribution is -2.38. The topological polar surface area (TPSA) is 95.1 Å². The van der Waals surface area contributed by atoms with Crippen molar-refractivity contribution in [2.45, 2.75) is 13.0 Å². The summed E-state index contributed by atoms with van der Waals surface area (Å²) in [5.74, 6) is 1.64. The quantitative estimate of drug-likeness (QED) is 0.739. The van der Waals surface area contributed by atoms with Gasteiger partial charge in [-0.2, -0.15) is 0 Å². The van der Waals surface area contributed by atoms with Crippen LogP contribution in [0.4, 0.5) is 0 Å². The zero-order valence-electron chi connectivity index (χ0n) is 16.6. The van der Waals surface area contributed by atoms with Crippen LogP contribution in [0.15, 0.2) is 36.4 Å². The number of nitrogens with one attached hydrogen (secondary N) is 2. The Balaban J connectivity index is 1.55. The molecule has 0 fully saturated rings. The highest BCUT2D eigenvalue weighted by Gasteiger charge is 2.17. The first kappa shape index (κ1) is 20.3. The summed E-state index contributed by atoms with van der Waals surface area (Å²) in [6, 6.07) is 10.1. The van der Waals surface area contributed by atoms with E-state index >= 15 is 0 Å². The Morgan fingerprint density at radius 2 is 1.72 bits per heavy atom. The maximum absolute atomic E-state index is 12.3. The summed E-state index contributed by atoms with van der Waals surface area (Å²) in [6.07, 6.45) is 0. The minimum absolute atomic E-state index is 0.151. The number of hydrogen-bond acceptors (Lipinski definition) is 6. The zero-order valence-corrected chi connectivity index (χ0v) is 16.6. The van der Waals surface area contributed by atoms with Crippen LogP contribution in [-0.2, 0) is 4.79 Å². The summed E-state index contributed by atoms with van der Waals surface area (Å²) in [5, 5.41) is 5.46. The molecule has 2 N–H and O–H groups in total. The van der Waals surface area contributed by atoms with Gasteiger partial charge in [-0.1, -0.05) is 6.07 Å². The molecule has 2 amide bonds.